The van der Waals surface area contributed by atoms with Crippen LogP contribution in [0.25, 0.3) is 33.3 Å². The van der Waals surface area contributed by atoms with Crippen LogP contribution in [0.1, 0.15) is 21.5 Å². The van der Waals surface area contributed by atoms with Crippen molar-refractivity contribution in [1.29, 1.82) is 0 Å². The van der Waals surface area contributed by atoms with Crippen molar-refractivity contribution in [3.05, 3.63) is 89.5 Å². The van der Waals surface area contributed by atoms with Gasteiger partial charge in [-0.2, -0.15) is 0 Å². The van der Waals surface area contributed by atoms with Crippen molar-refractivity contribution >= 4 is 27.8 Å². The number of aromatic nitrogens is 1. The molecule has 0 aliphatic carbocycles. The Morgan fingerprint density at radius 1 is 0.968 bits per heavy atom. The first kappa shape index (κ1) is 17.7. The van der Waals surface area contributed by atoms with Crippen LogP contribution in [-0.2, 0) is 6.61 Å². The van der Waals surface area contributed by atoms with Crippen LogP contribution in [0, 0.1) is 6.92 Å². The second kappa shape index (κ2) is 6.71. The van der Waals surface area contributed by atoms with E-state index >= 15 is 0 Å². The third kappa shape index (κ3) is 2.86. The molecular weight excluding hydrogens is 390 g/mol. The Morgan fingerprint density at radius 3 is 2.61 bits per heavy atom. The van der Waals surface area contributed by atoms with E-state index in [1.54, 1.807) is 12.1 Å². The maximum absolute atomic E-state index is 12.6. The van der Waals surface area contributed by atoms with E-state index in [1.807, 2.05) is 67.6 Å². The number of ether oxygens (including phenoxy) is 2. The molecule has 0 N–H and O–H groups in total. The number of carbonyl (C=O) groups is 1. The summed E-state index contributed by atoms with van der Waals surface area (Å²) in [5.41, 5.74) is 4.55. The molecule has 0 fully saturated rings. The van der Waals surface area contributed by atoms with Crippen molar-refractivity contribution in [2.75, 3.05) is 0 Å². The molecule has 150 valence electrons. The van der Waals surface area contributed by atoms with Gasteiger partial charge in [0.05, 0.1) is 16.5 Å². The summed E-state index contributed by atoms with van der Waals surface area (Å²) in [6.45, 7) is 2.41. The average Bonchev–Trinajstić information content (AvgIpc) is 3.30. The molecule has 6 rings (SSSR count). The third-order valence-electron chi connectivity index (χ3n) is 5.59. The van der Waals surface area contributed by atoms with Gasteiger partial charge < -0.3 is 13.9 Å². The van der Waals surface area contributed by atoms with Crippen molar-refractivity contribution in [2.24, 2.45) is 0 Å². The fraction of sp³-hybridized carbons (Fsp3) is 0.0769. The number of furan rings is 1. The second-order valence-corrected chi connectivity index (χ2v) is 7.59. The Hall–Kier alpha value is -4.12. The van der Waals surface area contributed by atoms with Gasteiger partial charge in [0.15, 0.2) is 5.76 Å². The van der Waals surface area contributed by atoms with Gasteiger partial charge in [-0.15, -0.1) is 0 Å². The summed E-state index contributed by atoms with van der Waals surface area (Å²) in [6, 6.07) is 23.1. The van der Waals surface area contributed by atoms with Crippen molar-refractivity contribution in [3.63, 3.8) is 0 Å². The standard InChI is InChI=1S/C26H17NO4/c1-15-18-9-5-6-10-22(18)30-25(15)21-13-19-24-20(27-21)11-17(12-23(24)31-26(19)28)29-14-16-7-3-2-4-8-16/h2-13H,14H2,1H3. The lowest BCUT2D eigenvalue weighted by molar-refractivity contribution is 0.0754. The fourth-order valence-electron chi connectivity index (χ4n) is 4.06. The first-order valence-electron chi connectivity index (χ1n) is 10.0. The molecular formula is C26H17NO4. The minimum Gasteiger partial charge on any atom is -0.489 e. The highest BCUT2D eigenvalue weighted by Crippen LogP contribution is 2.41. The van der Waals surface area contributed by atoms with Crippen molar-refractivity contribution < 1.29 is 18.7 Å². The molecule has 1 aliphatic rings. The normalized spacial score (nSPS) is 12.5. The molecule has 0 saturated carbocycles. The van der Waals surface area contributed by atoms with Crippen LogP contribution in [0.3, 0.4) is 0 Å². The van der Waals surface area contributed by atoms with Gasteiger partial charge >= 0.3 is 5.97 Å². The monoisotopic (exact) mass is 407 g/mol. The van der Waals surface area contributed by atoms with Crippen LogP contribution < -0.4 is 9.47 Å². The van der Waals surface area contributed by atoms with Crippen LogP contribution in [0.4, 0.5) is 0 Å². The topological polar surface area (TPSA) is 61.6 Å². The van der Waals surface area contributed by atoms with Gasteiger partial charge in [0, 0.05) is 23.1 Å². The molecule has 0 bridgehead atoms. The van der Waals surface area contributed by atoms with Crippen LogP contribution >= 0.6 is 0 Å². The lowest BCUT2D eigenvalue weighted by Crippen LogP contribution is -2.01. The van der Waals surface area contributed by atoms with Gasteiger partial charge in [-0.05, 0) is 24.6 Å². The van der Waals surface area contributed by atoms with E-state index in [4.69, 9.17) is 18.9 Å². The molecule has 5 nitrogen and oxygen atoms in total. The molecule has 0 radical (unpaired) electrons. The summed E-state index contributed by atoms with van der Waals surface area (Å²) in [4.78, 5) is 17.4. The zero-order chi connectivity index (χ0) is 20.9. The average molecular weight is 407 g/mol. The zero-order valence-corrected chi connectivity index (χ0v) is 16.7. The number of rotatable bonds is 4. The second-order valence-electron chi connectivity index (χ2n) is 7.59. The Balaban J connectivity index is 1.47. The first-order valence-corrected chi connectivity index (χ1v) is 10.0. The molecule has 0 unspecified atom stereocenters. The molecule has 2 aromatic heterocycles. The molecule has 0 saturated heterocycles. The molecule has 1 aliphatic heterocycles. The highest BCUT2D eigenvalue weighted by molar-refractivity contribution is 6.13. The lowest BCUT2D eigenvalue weighted by Gasteiger charge is -2.09. The lowest BCUT2D eigenvalue weighted by atomic mass is 10.1. The summed E-state index contributed by atoms with van der Waals surface area (Å²) in [7, 11) is 0. The number of fused-ring (bicyclic) bond motifs is 1. The summed E-state index contributed by atoms with van der Waals surface area (Å²) in [6.07, 6.45) is 0. The SMILES string of the molecule is Cc1c(-c2cc3c4c(cc(OCc5ccccc5)cc4n2)OC3=O)oc2ccccc12. The number of hydrogen-bond acceptors (Lipinski definition) is 5. The zero-order valence-electron chi connectivity index (χ0n) is 16.7. The van der Waals surface area contributed by atoms with Crippen molar-refractivity contribution in [2.45, 2.75) is 13.5 Å². The van der Waals surface area contributed by atoms with Crippen LogP contribution in [0.15, 0.2) is 77.2 Å². The molecule has 3 heterocycles. The molecule has 0 spiro atoms. The van der Waals surface area contributed by atoms with E-state index in [1.165, 1.54) is 0 Å². The van der Waals surface area contributed by atoms with E-state index in [2.05, 4.69) is 0 Å². The number of aryl methyl sites for hydroxylation is 1. The summed E-state index contributed by atoms with van der Waals surface area (Å²) in [5, 5.41) is 1.73. The smallest absolute Gasteiger partial charge is 0.344 e. The Labute approximate surface area is 177 Å². The fourth-order valence-corrected chi connectivity index (χ4v) is 4.06. The Morgan fingerprint density at radius 2 is 1.77 bits per heavy atom. The predicted molar refractivity (Wildman–Crippen MR) is 117 cm³/mol. The summed E-state index contributed by atoms with van der Waals surface area (Å²) in [5.74, 6) is 1.33. The van der Waals surface area contributed by atoms with E-state index in [0.717, 1.165) is 22.1 Å². The van der Waals surface area contributed by atoms with Gasteiger partial charge in [-0.3, -0.25) is 0 Å². The Bertz CT molecular complexity index is 1480. The third-order valence-corrected chi connectivity index (χ3v) is 5.59. The molecule has 3 aromatic carbocycles. The maximum Gasteiger partial charge on any atom is 0.344 e. The minimum absolute atomic E-state index is 0.391. The van der Waals surface area contributed by atoms with Gasteiger partial charge in [0.1, 0.15) is 29.4 Å². The molecule has 5 heteroatoms. The Kier molecular flexibility index (Phi) is 3.83. The largest absolute Gasteiger partial charge is 0.489 e. The van der Waals surface area contributed by atoms with Crippen molar-refractivity contribution in [3.8, 4) is 23.0 Å². The molecule has 0 amide bonds. The van der Waals surface area contributed by atoms with Gasteiger partial charge in [0.25, 0.3) is 0 Å². The van der Waals surface area contributed by atoms with E-state index < -0.39 is 5.97 Å². The van der Waals surface area contributed by atoms with Crippen LogP contribution in [0.2, 0.25) is 0 Å². The van der Waals surface area contributed by atoms with Gasteiger partial charge in [0.2, 0.25) is 0 Å². The number of esters is 1. The molecule has 5 aromatic rings. The molecule has 0 atom stereocenters. The minimum atomic E-state index is -0.391. The maximum atomic E-state index is 12.6. The quantitative estimate of drug-likeness (QED) is 0.267. The van der Waals surface area contributed by atoms with Crippen LogP contribution in [-0.4, -0.2) is 11.0 Å². The van der Waals surface area contributed by atoms with E-state index in [-0.39, 0.29) is 0 Å². The first-order chi connectivity index (χ1) is 15.2. The number of hydrogen-bond donors (Lipinski definition) is 0. The van der Waals surface area contributed by atoms with Crippen molar-refractivity contribution in [1.82, 2.24) is 4.98 Å². The van der Waals surface area contributed by atoms with Crippen LogP contribution in [0.5, 0.6) is 11.5 Å². The summed E-state index contributed by atoms with van der Waals surface area (Å²) >= 11 is 0. The number of pyridine rings is 1. The number of carbonyl (C=O) groups excluding carboxylic acids is 1. The van der Waals surface area contributed by atoms with E-state index in [0.29, 0.717) is 46.0 Å². The number of nitrogens with zero attached hydrogens (tertiary/aromatic N) is 1. The molecule has 31 heavy (non-hydrogen) atoms. The number of benzene rings is 3. The number of para-hydroxylation sites is 1. The van der Waals surface area contributed by atoms with Gasteiger partial charge in [-0.25, -0.2) is 9.78 Å². The highest BCUT2D eigenvalue weighted by Gasteiger charge is 2.28. The highest BCUT2D eigenvalue weighted by atomic mass is 16.5. The van der Waals surface area contributed by atoms with E-state index in [9.17, 15) is 4.79 Å². The summed E-state index contributed by atoms with van der Waals surface area (Å²) < 4.78 is 17.5. The predicted octanol–water partition coefficient (Wildman–Crippen LogP) is 6.07. The van der Waals surface area contributed by atoms with Gasteiger partial charge in [-0.1, -0.05) is 48.5 Å².